The van der Waals surface area contributed by atoms with Gasteiger partial charge in [-0.05, 0) is 38.1 Å². The molecule has 0 N–H and O–H groups in total. The summed E-state index contributed by atoms with van der Waals surface area (Å²) in [4.78, 5) is 11.3. The summed E-state index contributed by atoms with van der Waals surface area (Å²) in [6.45, 7) is 2.63. The highest BCUT2D eigenvalue weighted by Gasteiger charge is 2.33. The summed E-state index contributed by atoms with van der Waals surface area (Å²) in [6, 6.07) is 0.297. The first-order valence-electron chi connectivity index (χ1n) is 9.98. The van der Waals surface area contributed by atoms with Crippen molar-refractivity contribution >= 4 is 21.2 Å². The lowest BCUT2D eigenvalue weighted by Crippen LogP contribution is -2.34. The molecule has 154 valence electrons. The van der Waals surface area contributed by atoms with Crippen LogP contribution in [0.3, 0.4) is 0 Å². The largest absolute Gasteiger partial charge is 0.383 e. The van der Waals surface area contributed by atoms with Gasteiger partial charge in [0.2, 0.25) is 15.0 Å². The lowest BCUT2D eigenvalue weighted by Gasteiger charge is -2.34. The molecule has 1 saturated carbocycles. The third kappa shape index (κ3) is 4.48. The molecule has 28 heavy (non-hydrogen) atoms. The molecule has 1 saturated heterocycles. The van der Waals surface area contributed by atoms with E-state index in [-0.39, 0.29) is 10.9 Å². The van der Waals surface area contributed by atoms with Crippen LogP contribution in [0.4, 0.5) is 0 Å². The summed E-state index contributed by atoms with van der Waals surface area (Å²) in [5.41, 5.74) is 0.940. The van der Waals surface area contributed by atoms with E-state index < -0.39 is 9.84 Å². The Kier molecular flexibility index (Phi) is 6.15. The smallest absolute Gasteiger partial charge is 0.227 e. The van der Waals surface area contributed by atoms with Crippen LogP contribution in [0.5, 0.6) is 0 Å². The Bertz CT molecular complexity index is 875. The average Bonchev–Trinajstić information content (AvgIpc) is 3.17. The number of aromatic nitrogens is 3. The van der Waals surface area contributed by atoms with Crippen molar-refractivity contribution in [2.75, 3.05) is 26.0 Å². The summed E-state index contributed by atoms with van der Waals surface area (Å²) >= 11 is 1.69. The number of nitrogens with zero attached hydrogens (tertiary/aromatic N) is 4. The Balaban J connectivity index is 1.59. The van der Waals surface area contributed by atoms with Gasteiger partial charge in [-0.1, -0.05) is 6.42 Å². The van der Waals surface area contributed by atoms with Gasteiger partial charge in [-0.2, -0.15) is 0 Å². The number of sulfone groups is 1. The highest BCUT2D eigenvalue weighted by atomic mass is 32.2. The summed E-state index contributed by atoms with van der Waals surface area (Å²) in [7, 11) is -1.73. The highest BCUT2D eigenvalue weighted by Crippen LogP contribution is 2.34. The molecular formula is C19H28N4O3S2. The summed E-state index contributed by atoms with van der Waals surface area (Å²) < 4.78 is 32.8. The topological polar surface area (TPSA) is 77.3 Å². The van der Waals surface area contributed by atoms with E-state index in [0.717, 1.165) is 42.9 Å². The first-order chi connectivity index (χ1) is 13.6. The van der Waals surface area contributed by atoms with Gasteiger partial charge in [-0.15, -0.1) is 11.3 Å². The zero-order valence-corrected chi connectivity index (χ0v) is 17.9. The number of hydrogen-bond acceptors (Lipinski definition) is 7. The monoisotopic (exact) mass is 424 g/mol. The first-order valence-corrected chi connectivity index (χ1v) is 12.5. The number of imidazole rings is 1. The van der Waals surface area contributed by atoms with E-state index in [9.17, 15) is 8.42 Å². The fraction of sp³-hybridized carbons (Fsp3) is 0.684. The van der Waals surface area contributed by atoms with Gasteiger partial charge in [-0.25, -0.2) is 18.4 Å². The molecule has 9 heteroatoms. The van der Waals surface area contributed by atoms with Crippen molar-refractivity contribution in [1.82, 2.24) is 19.4 Å². The maximum atomic E-state index is 12.9. The van der Waals surface area contributed by atoms with Crippen LogP contribution in [0.1, 0.15) is 48.8 Å². The fourth-order valence-corrected chi connectivity index (χ4v) is 6.59. The number of hydrogen-bond donors (Lipinski definition) is 0. The minimum absolute atomic E-state index is 0.203. The second-order valence-electron chi connectivity index (χ2n) is 7.75. The van der Waals surface area contributed by atoms with E-state index in [1.807, 2.05) is 16.1 Å². The lowest BCUT2D eigenvalue weighted by molar-refractivity contribution is 0.134. The van der Waals surface area contributed by atoms with E-state index in [0.29, 0.717) is 31.7 Å². The molecule has 1 atom stereocenters. The van der Waals surface area contributed by atoms with Gasteiger partial charge in [0, 0.05) is 31.8 Å². The van der Waals surface area contributed by atoms with Crippen LogP contribution >= 0.6 is 11.3 Å². The van der Waals surface area contributed by atoms with Crippen molar-refractivity contribution in [2.24, 2.45) is 5.92 Å². The van der Waals surface area contributed by atoms with Crippen LogP contribution in [0, 0.1) is 5.92 Å². The Morgan fingerprint density at radius 1 is 1.25 bits per heavy atom. The van der Waals surface area contributed by atoms with E-state index in [1.54, 1.807) is 24.6 Å². The number of piperidine rings is 1. The van der Waals surface area contributed by atoms with E-state index in [4.69, 9.17) is 4.74 Å². The minimum Gasteiger partial charge on any atom is -0.383 e. The molecule has 1 aliphatic carbocycles. The van der Waals surface area contributed by atoms with Gasteiger partial charge in [0.1, 0.15) is 5.01 Å². The van der Waals surface area contributed by atoms with Crippen molar-refractivity contribution < 1.29 is 13.2 Å². The molecule has 3 heterocycles. The van der Waals surface area contributed by atoms with Gasteiger partial charge in [-0.3, -0.25) is 4.90 Å². The quantitative estimate of drug-likeness (QED) is 0.616. The zero-order chi connectivity index (χ0) is 19.6. The Hall–Kier alpha value is -1.29. The van der Waals surface area contributed by atoms with Gasteiger partial charge < -0.3 is 9.30 Å². The van der Waals surface area contributed by atoms with E-state index in [2.05, 4.69) is 14.9 Å². The molecule has 7 nitrogen and oxygen atoms in total. The molecule has 2 fully saturated rings. The second kappa shape index (κ2) is 8.61. The van der Waals surface area contributed by atoms with Gasteiger partial charge in [0.05, 0.1) is 30.3 Å². The maximum absolute atomic E-state index is 12.9. The second-order valence-corrected chi connectivity index (χ2v) is 10.6. The predicted molar refractivity (Wildman–Crippen MR) is 108 cm³/mol. The van der Waals surface area contributed by atoms with Gasteiger partial charge in [0.25, 0.3) is 0 Å². The first kappa shape index (κ1) is 20.0. The van der Waals surface area contributed by atoms with Crippen LogP contribution in [0.15, 0.2) is 22.9 Å². The molecular weight excluding hydrogens is 396 g/mol. The van der Waals surface area contributed by atoms with Crippen molar-refractivity contribution in [2.45, 2.75) is 56.4 Å². The van der Waals surface area contributed by atoms with Gasteiger partial charge in [0.15, 0.2) is 0 Å². The predicted octanol–water partition coefficient (Wildman–Crippen LogP) is 2.90. The molecule has 0 bridgehead atoms. The molecule has 0 radical (unpaired) electrons. The van der Waals surface area contributed by atoms with Crippen LogP contribution in [0.2, 0.25) is 0 Å². The van der Waals surface area contributed by atoms with Crippen molar-refractivity contribution in [3.63, 3.8) is 0 Å². The van der Waals surface area contributed by atoms with Gasteiger partial charge >= 0.3 is 0 Å². The average molecular weight is 425 g/mol. The van der Waals surface area contributed by atoms with Crippen LogP contribution in [-0.2, 0) is 27.7 Å². The number of likely N-dealkylation sites (tertiary alicyclic amines) is 1. The van der Waals surface area contributed by atoms with Crippen molar-refractivity contribution in [3.05, 3.63) is 28.5 Å². The molecule has 4 rings (SSSR count). The summed E-state index contributed by atoms with van der Waals surface area (Å²) in [5, 5.41) is 3.37. The standard InChI is InChI=1S/C19H28N4O3S2/c1-26-10-9-23-16(12-21-19(23)28(24,25)14-15-5-6-15)13-22-8-3-2-4-17(22)18-20-7-11-27-18/h7,11-12,15,17H,2-6,8-10,13-14H2,1H3. The molecule has 0 spiro atoms. The highest BCUT2D eigenvalue weighted by molar-refractivity contribution is 7.91. The number of ether oxygens (including phenoxy) is 1. The normalized spacial score (nSPS) is 21.2. The summed E-state index contributed by atoms with van der Waals surface area (Å²) in [6.07, 6.45) is 9.06. The number of thiazole rings is 1. The number of rotatable bonds is 9. The Labute approximate surface area is 170 Å². The molecule has 1 unspecified atom stereocenters. The van der Waals surface area contributed by atoms with E-state index in [1.165, 1.54) is 6.42 Å². The fourth-order valence-electron chi connectivity index (χ4n) is 3.92. The molecule has 1 aliphatic heterocycles. The molecule has 2 aliphatic rings. The molecule has 2 aromatic rings. The molecule has 0 amide bonds. The Morgan fingerprint density at radius 2 is 2.11 bits per heavy atom. The summed E-state index contributed by atoms with van der Waals surface area (Å²) in [5.74, 6) is 0.513. The van der Waals surface area contributed by atoms with Crippen molar-refractivity contribution in [3.8, 4) is 0 Å². The molecule has 0 aromatic carbocycles. The Morgan fingerprint density at radius 3 is 2.82 bits per heavy atom. The number of methoxy groups -OCH3 is 1. The maximum Gasteiger partial charge on any atom is 0.227 e. The van der Waals surface area contributed by atoms with Crippen LogP contribution in [0.25, 0.3) is 0 Å². The lowest BCUT2D eigenvalue weighted by atomic mass is 10.0. The van der Waals surface area contributed by atoms with Crippen LogP contribution in [-0.4, -0.2) is 53.9 Å². The zero-order valence-electron chi connectivity index (χ0n) is 16.3. The molecule has 2 aromatic heterocycles. The third-order valence-electron chi connectivity index (χ3n) is 5.57. The van der Waals surface area contributed by atoms with Crippen LogP contribution < -0.4 is 0 Å². The van der Waals surface area contributed by atoms with E-state index >= 15 is 0 Å². The SMILES string of the molecule is COCCn1c(CN2CCCCC2c2nccs2)cnc1S(=O)(=O)CC1CC1. The third-order valence-corrected chi connectivity index (χ3v) is 8.24. The minimum atomic E-state index is -3.37. The van der Waals surface area contributed by atoms with Crippen molar-refractivity contribution in [1.29, 1.82) is 0 Å².